The predicted octanol–water partition coefficient (Wildman–Crippen LogP) is 1.88. The Morgan fingerprint density at radius 3 is 2.03 bits per heavy atom. The van der Waals surface area contributed by atoms with Crippen LogP contribution in [0.2, 0.25) is 0 Å². The molecule has 10 heteroatoms. The number of carbonyl (C=O) groups is 1. The number of benzene rings is 2. The first kappa shape index (κ1) is 26.5. The van der Waals surface area contributed by atoms with E-state index in [0.717, 1.165) is 14.9 Å². The van der Waals surface area contributed by atoms with Crippen molar-refractivity contribution in [1.29, 1.82) is 0 Å². The third kappa shape index (κ3) is 5.29. The largest absolute Gasteiger partial charge is 0.465 e. The highest BCUT2D eigenvalue weighted by molar-refractivity contribution is 6.80. The maximum atomic E-state index is 15.7. The zero-order chi connectivity index (χ0) is 26.9. The maximum Gasteiger partial charge on any atom is 0.364 e. The van der Waals surface area contributed by atoms with Gasteiger partial charge in [-0.25, -0.2) is 9.18 Å². The van der Waals surface area contributed by atoms with Crippen molar-refractivity contribution in [1.82, 2.24) is 9.30 Å². The molecule has 4 rings (SSSR count). The number of nitrogens with zero attached hydrogens (tertiary/aromatic N) is 2. The van der Waals surface area contributed by atoms with Gasteiger partial charge in [-0.15, -0.1) is 4.73 Å². The molecule has 1 fully saturated rings. The quantitative estimate of drug-likeness (QED) is 0.346. The lowest BCUT2D eigenvalue weighted by Gasteiger charge is -2.42. The number of carbonyl (C=O) groups excluding carboxylic acids is 1. The van der Waals surface area contributed by atoms with E-state index in [2.05, 4.69) is 0 Å². The molecule has 0 N–H and O–H groups in total. The fourth-order valence-electron chi connectivity index (χ4n) is 4.66. The maximum absolute atomic E-state index is 15.7. The Balaban J connectivity index is 1.83. The molecule has 7 nitrogen and oxygen atoms in total. The van der Waals surface area contributed by atoms with Crippen molar-refractivity contribution in [3.8, 4) is 0 Å². The van der Waals surface area contributed by atoms with Crippen LogP contribution in [0.4, 0.5) is 8.78 Å². The van der Waals surface area contributed by atoms with Gasteiger partial charge in [0.2, 0.25) is 5.82 Å². The Bertz CT molecular complexity index is 1350. The second-order valence-corrected chi connectivity index (χ2v) is 12.6. The second-order valence-electron chi connectivity index (χ2n) is 10.3. The molecule has 0 amide bonds. The topological polar surface area (TPSA) is 79.5 Å². The van der Waals surface area contributed by atoms with Crippen molar-refractivity contribution < 1.29 is 22.8 Å². The number of rotatable bonds is 7. The highest BCUT2D eigenvalue weighted by Gasteiger charge is 2.47. The average molecular weight is 529 g/mol. The minimum atomic E-state index is -2.67. The number of ether oxygens (including phenoxy) is 1. The van der Waals surface area contributed by atoms with Crippen molar-refractivity contribution in [2.45, 2.75) is 51.7 Å². The van der Waals surface area contributed by atoms with Gasteiger partial charge in [-0.05, 0) is 16.8 Å². The van der Waals surface area contributed by atoms with Crippen LogP contribution in [-0.4, -0.2) is 37.1 Å². The van der Waals surface area contributed by atoms with Gasteiger partial charge in [0, 0.05) is 18.3 Å². The fourth-order valence-corrected chi connectivity index (χ4v) is 6.83. The molecule has 1 heterocycles. The van der Waals surface area contributed by atoms with E-state index in [9.17, 15) is 14.4 Å². The van der Waals surface area contributed by atoms with E-state index in [4.69, 9.17) is 9.26 Å². The summed E-state index contributed by atoms with van der Waals surface area (Å²) in [5.74, 6) is -2.32. The summed E-state index contributed by atoms with van der Waals surface area (Å²) in [6, 6.07) is 17.2. The van der Waals surface area contributed by atoms with Crippen LogP contribution in [-0.2, 0) is 14.9 Å². The lowest BCUT2D eigenvalue weighted by Crippen LogP contribution is -2.60. The Morgan fingerprint density at radius 1 is 1.03 bits per heavy atom. The minimum absolute atomic E-state index is 0.137. The van der Waals surface area contributed by atoms with Gasteiger partial charge in [-0.2, -0.15) is 4.39 Å². The molecule has 0 aliphatic heterocycles. The monoisotopic (exact) mass is 528 g/mol. The molecule has 196 valence electrons. The first-order valence-corrected chi connectivity index (χ1v) is 13.7. The average Bonchev–Trinajstić information content (AvgIpc) is 2.86. The molecule has 3 aromatic rings. The highest BCUT2D eigenvalue weighted by Crippen LogP contribution is 2.42. The van der Waals surface area contributed by atoms with Gasteiger partial charge < -0.3 is 9.26 Å². The smallest absolute Gasteiger partial charge is 0.364 e. The molecular weight excluding hydrogens is 498 g/mol. The molecule has 1 aliphatic rings. The summed E-state index contributed by atoms with van der Waals surface area (Å²) in [5, 5.41) is 1.56. The van der Waals surface area contributed by atoms with Gasteiger partial charge in [-0.1, -0.05) is 81.4 Å². The second kappa shape index (κ2) is 10.4. The molecule has 3 atom stereocenters. The lowest BCUT2D eigenvalue weighted by molar-refractivity contribution is -0.145. The number of esters is 1. The van der Waals surface area contributed by atoms with Crippen LogP contribution < -0.4 is 26.1 Å². The highest BCUT2D eigenvalue weighted by atomic mass is 28.3. The Morgan fingerprint density at radius 2 is 1.57 bits per heavy atom. The van der Waals surface area contributed by atoms with Crippen molar-refractivity contribution in [2.75, 3.05) is 6.61 Å². The SMILES string of the molecule is CC(=O)OCC1CC(n2c(C(C)(C)C)c(F)c(=O)n(O[SiH](c3ccccc3)c3ccccc3)c2=O)C1F. The van der Waals surface area contributed by atoms with E-state index >= 15 is 8.78 Å². The molecule has 0 bridgehead atoms. The Hall–Kier alpha value is -3.53. The van der Waals surface area contributed by atoms with Gasteiger partial charge in [0.1, 0.15) is 6.17 Å². The van der Waals surface area contributed by atoms with Gasteiger partial charge >= 0.3 is 26.3 Å². The van der Waals surface area contributed by atoms with Crippen molar-refractivity contribution in [3.05, 3.63) is 93.0 Å². The summed E-state index contributed by atoms with van der Waals surface area (Å²) in [6.07, 6.45) is -1.42. The molecule has 3 unspecified atom stereocenters. The molecule has 1 aromatic heterocycles. The van der Waals surface area contributed by atoms with E-state index in [-0.39, 0.29) is 18.7 Å². The standard InChI is InChI=1S/C27H30F2N2O5Si/c1-17(32)35-16-18-15-21(22(18)28)30-24(27(2,3)4)23(29)25(33)31(26(30)34)36-37(19-11-7-5-8-12-19)20-13-9-6-10-14-20/h5-14,18,21-22,37H,15-16H2,1-4H3. The van der Waals surface area contributed by atoms with E-state index in [0.29, 0.717) is 4.73 Å². The van der Waals surface area contributed by atoms with Gasteiger partial charge in [0.05, 0.1) is 18.3 Å². The zero-order valence-electron chi connectivity index (χ0n) is 21.2. The number of halogens is 2. The molecule has 1 saturated carbocycles. The van der Waals surface area contributed by atoms with E-state index in [1.165, 1.54) is 6.92 Å². The first-order chi connectivity index (χ1) is 17.5. The van der Waals surface area contributed by atoms with Crippen molar-refractivity contribution in [3.63, 3.8) is 0 Å². The molecule has 37 heavy (non-hydrogen) atoms. The van der Waals surface area contributed by atoms with Crippen LogP contribution in [0.1, 0.15) is 45.9 Å². The van der Waals surface area contributed by atoms with Gasteiger partial charge in [0.25, 0.3) is 0 Å². The molecular formula is C27H30F2N2O5Si. The number of alkyl halides is 1. The normalized spacial score (nSPS) is 19.4. The van der Waals surface area contributed by atoms with Crippen molar-refractivity contribution in [2.24, 2.45) is 5.92 Å². The summed E-state index contributed by atoms with van der Waals surface area (Å²) < 4.78 is 43.5. The van der Waals surface area contributed by atoms with Crippen LogP contribution in [0.25, 0.3) is 0 Å². The number of hydrogen-bond donors (Lipinski definition) is 0. The summed E-state index contributed by atoms with van der Waals surface area (Å²) in [6.45, 7) is 6.05. The zero-order valence-corrected chi connectivity index (χ0v) is 22.3. The molecule has 0 spiro atoms. The van der Waals surface area contributed by atoms with Crippen LogP contribution in [0, 0.1) is 11.7 Å². The van der Waals surface area contributed by atoms with Crippen LogP contribution in [0.5, 0.6) is 0 Å². The van der Waals surface area contributed by atoms with E-state index in [1.807, 2.05) is 60.7 Å². The Kier molecular flexibility index (Phi) is 7.49. The van der Waals surface area contributed by atoms with E-state index in [1.54, 1.807) is 20.8 Å². The summed E-state index contributed by atoms with van der Waals surface area (Å²) in [4.78, 5) is 38.1. The molecule has 0 radical (unpaired) electrons. The van der Waals surface area contributed by atoms with Crippen molar-refractivity contribution >= 4 is 25.4 Å². The van der Waals surface area contributed by atoms with Crippen LogP contribution in [0.15, 0.2) is 70.3 Å². The summed E-state index contributed by atoms with van der Waals surface area (Å²) in [7, 11) is -2.67. The number of hydrogen-bond acceptors (Lipinski definition) is 5. The lowest BCUT2D eigenvalue weighted by atomic mass is 9.77. The minimum Gasteiger partial charge on any atom is -0.465 e. The fraction of sp³-hybridized carbons (Fsp3) is 0.370. The van der Waals surface area contributed by atoms with Gasteiger partial charge in [-0.3, -0.25) is 14.2 Å². The third-order valence-electron chi connectivity index (χ3n) is 6.52. The van der Waals surface area contributed by atoms with Gasteiger partial charge in [0.15, 0.2) is 0 Å². The molecule has 2 aromatic carbocycles. The summed E-state index contributed by atoms with van der Waals surface area (Å²) in [5.41, 5.74) is -3.29. The molecule has 1 aliphatic carbocycles. The summed E-state index contributed by atoms with van der Waals surface area (Å²) >= 11 is 0. The van der Waals surface area contributed by atoms with Crippen LogP contribution in [0.3, 0.4) is 0 Å². The van der Waals surface area contributed by atoms with Crippen LogP contribution >= 0.6 is 0 Å². The first-order valence-electron chi connectivity index (χ1n) is 12.1. The number of aromatic nitrogens is 2. The Labute approximate surface area is 215 Å². The predicted molar refractivity (Wildman–Crippen MR) is 138 cm³/mol. The third-order valence-corrected chi connectivity index (χ3v) is 8.92. The molecule has 0 saturated heterocycles. The van der Waals surface area contributed by atoms with E-state index < -0.39 is 55.6 Å².